The van der Waals surface area contributed by atoms with Crippen LogP contribution in [0.5, 0.6) is 0 Å². The lowest BCUT2D eigenvalue weighted by molar-refractivity contribution is 0.130. The van der Waals surface area contributed by atoms with Crippen LogP contribution in [0.25, 0.3) is 0 Å². The van der Waals surface area contributed by atoms with E-state index in [1.54, 1.807) is 19.1 Å². The highest BCUT2D eigenvalue weighted by molar-refractivity contribution is 5.93. The zero-order chi connectivity index (χ0) is 14.2. The fourth-order valence-electron chi connectivity index (χ4n) is 2.07. The highest BCUT2D eigenvalue weighted by Crippen LogP contribution is 2.29. The molecule has 0 radical (unpaired) electrons. The van der Waals surface area contributed by atoms with E-state index in [1.807, 2.05) is 13.8 Å². The van der Waals surface area contributed by atoms with Crippen molar-refractivity contribution in [1.29, 1.82) is 0 Å². The number of rotatable bonds is 4. The minimum absolute atomic E-state index is 0.203. The van der Waals surface area contributed by atoms with Crippen LogP contribution in [0, 0.1) is 0 Å². The predicted octanol–water partition coefficient (Wildman–Crippen LogP) is 1.93. The number of carbonyl (C=O) groups excluding carboxylic acids is 1. The first kappa shape index (κ1) is 13.6. The van der Waals surface area contributed by atoms with Crippen LogP contribution < -0.4 is 4.90 Å². The zero-order valence-electron chi connectivity index (χ0n) is 11.4. The van der Waals surface area contributed by atoms with Crippen molar-refractivity contribution in [3.8, 4) is 0 Å². The van der Waals surface area contributed by atoms with Gasteiger partial charge in [0.05, 0.1) is 11.7 Å². The van der Waals surface area contributed by atoms with E-state index in [0.717, 1.165) is 5.69 Å². The summed E-state index contributed by atoms with van der Waals surface area (Å²) in [7, 11) is 0. The van der Waals surface area contributed by atoms with E-state index in [2.05, 4.69) is 11.7 Å². The number of aromatic nitrogens is 1. The molecule has 19 heavy (non-hydrogen) atoms. The molecule has 104 valence electrons. The molecule has 2 rings (SSSR count). The van der Waals surface area contributed by atoms with Gasteiger partial charge in [0, 0.05) is 12.6 Å². The smallest absolute Gasteiger partial charge is 0.329 e. The molecule has 2 heterocycles. The van der Waals surface area contributed by atoms with E-state index < -0.39 is 6.23 Å². The minimum Gasteiger partial charge on any atom is -0.371 e. The van der Waals surface area contributed by atoms with Gasteiger partial charge in [-0.25, -0.2) is 9.69 Å². The molecule has 2 atom stereocenters. The Hall–Kier alpha value is -1.82. The molecule has 1 aromatic rings. The normalized spacial score (nSPS) is 23.5. The first-order valence-corrected chi connectivity index (χ1v) is 6.32. The number of anilines is 1. The molecule has 0 aromatic carbocycles. The summed E-state index contributed by atoms with van der Waals surface area (Å²) in [5.41, 5.74) is 0.754. The summed E-state index contributed by atoms with van der Waals surface area (Å²) in [6, 6.07) is 1.07. The Bertz CT molecular complexity index is 483. The number of amides is 2. The highest BCUT2D eigenvalue weighted by Gasteiger charge is 2.44. The molecule has 0 saturated carbocycles. The third-order valence-electron chi connectivity index (χ3n) is 3.31. The summed E-state index contributed by atoms with van der Waals surface area (Å²) < 4.78 is 5.17. The Morgan fingerprint density at radius 2 is 2.32 bits per heavy atom. The van der Waals surface area contributed by atoms with Crippen molar-refractivity contribution >= 4 is 11.9 Å². The first-order chi connectivity index (χ1) is 8.97. The molecule has 1 aliphatic rings. The van der Waals surface area contributed by atoms with Crippen molar-refractivity contribution in [3.63, 3.8) is 0 Å². The average molecular weight is 265 g/mol. The maximum atomic E-state index is 12.3. The molecular formula is C13H19N3O3. The molecule has 1 fully saturated rings. The van der Waals surface area contributed by atoms with Crippen molar-refractivity contribution in [2.75, 3.05) is 11.4 Å². The molecule has 1 aromatic heterocycles. The molecule has 0 aliphatic carbocycles. The topological polar surface area (TPSA) is 69.8 Å². The number of aliphatic hydroxyl groups excluding tert-OH is 1. The molecule has 2 unspecified atom stereocenters. The number of urea groups is 1. The van der Waals surface area contributed by atoms with Gasteiger partial charge < -0.3 is 14.5 Å². The van der Waals surface area contributed by atoms with Gasteiger partial charge in [-0.3, -0.25) is 0 Å². The summed E-state index contributed by atoms with van der Waals surface area (Å²) in [6.07, 6.45) is 0.685. The summed E-state index contributed by atoms with van der Waals surface area (Å²) in [4.78, 5) is 15.0. The second kappa shape index (κ2) is 5.05. The van der Waals surface area contributed by atoms with Crippen LogP contribution in [-0.2, 0) is 0 Å². The largest absolute Gasteiger partial charge is 0.371 e. The van der Waals surface area contributed by atoms with Crippen LogP contribution in [0.3, 0.4) is 0 Å². The standard InChI is InChI=1S/C13H19N3O3/c1-5-6-15-9(4)12(17)16(13(15)18)11-7-10(8(2)3)14-19-11/h5,7-9,12,17H,1,6H2,2-4H3. The summed E-state index contributed by atoms with van der Waals surface area (Å²) in [6.45, 7) is 9.75. The van der Waals surface area contributed by atoms with Crippen molar-refractivity contribution < 1.29 is 14.4 Å². The van der Waals surface area contributed by atoms with Crippen molar-refractivity contribution in [2.45, 2.75) is 39.0 Å². The van der Waals surface area contributed by atoms with E-state index >= 15 is 0 Å². The molecule has 0 bridgehead atoms. The third kappa shape index (κ3) is 2.23. The third-order valence-corrected chi connectivity index (χ3v) is 3.31. The van der Waals surface area contributed by atoms with Gasteiger partial charge in [-0.05, 0) is 12.8 Å². The van der Waals surface area contributed by atoms with Gasteiger partial charge in [-0.2, -0.15) is 0 Å². The summed E-state index contributed by atoms with van der Waals surface area (Å²) in [5.74, 6) is 0.480. The fourth-order valence-corrected chi connectivity index (χ4v) is 2.07. The Balaban J connectivity index is 2.28. The molecule has 1 N–H and O–H groups in total. The van der Waals surface area contributed by atoms with Gasteiger partial charge >= 0.3 is 6.03 Å². The quantitative estimate of drug-likeness (QED) is 0.844. The molecule has 1 saturated heterocycles. The fraction of sp³-hybridized carbons (Fsp3) is 0.538. The van der Waals surface area contributed by atoms with Crippen LogP contribution in [0.2, 0.25) is 0 Å². The zero-order valence-corrected chi connectivity index (χ0v) is 11.4. The van der Waals surface area contributed by atoms with E-state index in [4.69, 9.17) is 4.52 Å². The van der Waals surface area contributed by atoms with Gasteiger partial charge in [0.25, 0.3) is 0 Å². The molecule has 6 nitrogen and oxygen atoms in total. The Morgan fingerprint density at radius 3 is 2.84 bits per heavy atom. The van der Waals surface area contributed by atoms with Gasteiger partial charge in [0.1, 0.15) is 0 Å². The lowest BCUT2D eigenvalue weighted by Crippen LogP contribution is -2.35. The van der Waals surface area contributed by atoms with Crippen molar-refractivity contribution in [3.05, 3.63) is 24.4 Å². The number of hydrogen-bond acceptors (Lipinski definition) is 4. The molecule has 6 heteroatoms. The Morgan fingerprint density at radius 1 is 1.63 bits per heavy atom. The maximum absolute atomic E-state index is 12.3. The Labute approximate surface area is 112 Å². The number of aliphatic hydroxyl groups is 1. The van der Waals surface area contributed by atoms with Gasteiger partial charge in [0.2, 0.25) is 5.88 Å². The second-order valence-electron chi connectivity index (χ2n) is 4.99. The van der Waals surface area contributed by atoms with Crippen LogP contribution >= 0.6 is 0 Å². The number of nitrogens with zero attached hydrogens (tertiary/aromatic N) is 3. The molecule has 0 spiro atoms. The summed E-state index contributed by atoms with van der Waals surface area (Å²) in [5, 5.41) is 14.1. The van der Waals surface area contributed by atoms with E-state index in [1.165, 1.54) is 9.80 Å². The van der Waals surface area contributed by atoms with Crippen LogP contribution in [0.4, 0.5) is 10.7 Å². The van der Waals surface area contributed by atoms with E-state index in [9.17, 15) is 9.90 Å². The number of hydrogen-bond donors (Lipinski definition) is 1. The minimum atomic E-state index is -0.944. The summed E-state index contributed by atoms with van der Waals surface area (Å²) >= 11 is 0. The van der Waals surface area contributed by atoms with Crippen molar-refractivity contribution in [2.24, 2.45) is 0 Å². The molecule has 2 amide bonds. The number of carbonyl (C=O) groups is 1. The SMILES string of the molecule is C=CCN1C(=O)N(c2cc(C(C)C)no2)C(O)C1C. The lowest BCUT2D eigenvalue weighted by Gasteiger charge is -2.17. The lowest BCUT2D eigenvalue weighted by atomic mass is 10.1. The van der Waals surface area contributed by atoms with Crippen molar-refractivity contribution in [1.82, 2.24) is 10.1 Å². The Kier molecular flexibility index (Phi) is 3.61. The maximum Gasteiger partial charge on any atom is 0.329 e. The van der Waals surface area contributed by atoms with Crippen LogP contribution in [0.15, 0.2) is 23.2 Å². The van der Waals surface area contributed by atoms with Gasteiger partial charge in [0.15, 0.2) is 6.23 Å². The van der Waals surface area contributed by atoms with Crippen LogP contribution in [0.1, 0.15) is 32.4 Å². The van der Waals surface area contributed by atoms with Gasteiger partial charge in [-0.15, -0.1) is 6.58 Å². The van der Waals surface area contributed by atoms with Gasteiger partial charge in [-0.1, -0.05) is 25.1 Å². The first-order valence-electron chi connectivity index (χ1n) is 6.32. The van der Waals surface area contributed by atoms with E-state index in [-0.39, 0.29) is 23.9 Å². The molecule has 1 aliphatic heterocycles. The highest BCUT2D eigenvalue weighted by atomic mass is 16.5. The second-order valence-corrected chi connectivity index (χ2v) is 4.99. The van der Waals surface area contributed by atoms with Crippen LogP contribution in [-0.4, -0.2) is 40.0 Å². The molecular weight excluding hydrogens is 246 g/mol. The monoisotopic (exact) mass is 265 g/mol. The predicted molar refractivity (Wildman–Crippen MR) is 70.8 cm³/mol. The van der Waals surface area contributed by atoms with E-state index in [0.29, 0.717) is 6.54 Å². The average Bonchev–Trinajstić information content (AvgIpc) is 2.90.